The summed E-state index contributed by atoms with van der Waals surface area (Å²) >= 11 is 9.85. The van der Waals surface area contributed by atoms with E-state index in [1.807, 2.05) is 18.3 Å². The van der Waals surface area contributed by atoms with Crippen LogP contribution in [0, 0.1) is 0 Å². The molecule has 1 aromatic heterocycles. The van der Waals surface area contributed by atoms with Gasteiger partial charge < -0.3 is 4.74 Å². The molecule has 0 N–H and O–H groups in total. The largest absolute Gasteiger partial charge is 0.495 e. The second-order valence-electron chi connectivity index (χ2n) is 3.85. The van der Waals surface area contributed by atoms with Crippen molar-refractivity contribution < 1.29 is 4.74 Å². The zero-order valence-electron chi connectivity index (χ0n) is 9.76. The van der Waals surface area contributed by atoms with Crippen LogP contribution in [0.1, 0.15) is 18.9 Å². The summed E-state index contributed by atoms with van der Waals surface area (Å²) in [5, 5.41) is 1.76. The third-order valence-corrected chi connectivity index (χ3v) is 3.73. The minimum absolute atomic E-state index is 0.768. The van der Waals surface area contributed by atoms with E-state index in [0.29, 0.717) is 0 Å². The fourth-order valence-corrected chi connectivity index (χ4v) is 2.60. The van der Waals surface area contributed by atoms with Crippen molar-refractivity contribution in [1.29, 1.82) is 0 Å². The molecule has 0 fully saturated rings. The monoisotopic (exact) mass is 313 g/mol. The molecule has 2 rings (SSSR count). The number of ether oxygens (including phenoxy) is 1. The van der Waals surface area contributed by atoms with Gasteiger partial charge in [-0.05, 0) is 34.0 Å². The number of benzene rings is 1. The summed E-state index contributed by atoms with van der Waals surface area (Å²) in [5.74, 6) is 0.768. The maximum atomic E-state index is 6.39. The van der Waals surface area contributed by atoms with Crippen LogP contribution in [0.4, 0.5) is 0 Å². The Bertz CT molecular complexity index is 557. The van der Waals surface area contributed by atoms with Gasteiger partial charge in [0, 0.05) is 17.6 Å². The van der Waals surface area contributed by atoms with Gasteiger partial charge in [0.25, 0.3) is 0 Å². The fourth-order valence-electron chi connectivity index (χ4n) is 1.80. The van der Waals surface area contributed by atoms with Gasteiger partial charge >= 0.3 is 0 Å². The summed E-state index contributed by atoms with van der Waals surface area (Å²) in [5.41, 5.74) is 1.95. The van der Waals surface area contributed by atoms with Gasteiger partial charge in [-0.1, -0.05) is 24.9 Å². The highest BCUT2D eigenvalue weighted by Crippen LogP contribution is 2.34. The first-order valence-corrected chi connectivity index (χ1v) is 6.65. The predicted octanol–water partition coefficient (Wildman–Crippen LogP) is 4.61. The highest BCUT2D eigenvalue weighted by atomic mass is 79.9. The molecular formula is C13H13BrClNO. The standard InChI is InChI=1S/C13H13BrClNO/c1-3-4-8-7-16-11-6-12(17-2)10(14)5-9(11)13(8)15/h5-7H,3-4H2,1-2H3. The molecule has 1 heterocycles. The van der Waals surface area contributed by atoms with Crippen molar-refractivity contribution in [2.24, 2.45) is 0 Å². The van der Waals surface area contributed by atoms with Gasteiger partial charge in [-0.25, -0.2) is 0 Å². The van der Waals surface area contributed by atoms with E-state index >= 15 is 0 Å². The molecule has 2 aromatic rings. The Balaban J connectivity index is 2.65. The molecule has 0 amide bonds. The number of pyridine rings is 1. The van der Waals surface area contributed by atoms with Gasteiger partial charge in [0.15, 0.2) is 0 Å². The maximum absolute atomic E-state index is 6.39. The third kappa shape index (κ3) is 2.40. The number of methoxy groups -OCH3 is 1. The molecule has 2 nitrogen and oxygen atoms in total. The lowest BCUT2D eigenvalue weighted by Gasteiger charge is -2.09. The molecule has 0 bridgehead atoms. The first kappa shape index (κ1) is 12.7. The second kappa shape index (κ2) is 5.23. The Morgan fingerprint density at radius 2 is 2.18 bits per heavy atom. The van der Waals surface area contributed by atoms with E-state index in [2.05, 4.69) is 27.8 Å². The van der Waals surface area contributed by atoms with E-state index < -0.39 is 0 Å². The van der Waals surface area contributed by atoms with Crippen LogP contribution in [-0.4, -0.2) is 12.1 Å². The van der Waals surface area contributed by atoms with Gasteiger partial charge in [-0.15, -0.1) is 0 Å². The molecule has 0 radical (unpaired) electrons. The number of aryl methyl sites for hydroxylation is 1. The summed E-state index contributed by atoms with van der Waals surface area (Å²) in [7, 11) is 1.64. The number of hydrogen-bond donors (Lipinski definition) is 0. The molecule has 1 aromatic carbocycles. The Labute approximate surface area is 114 Å². The smallest absolute Gasteiger partial charge is 0.135 e. The van der Waals surface area contributed by atoms with E-state index in [4.69, 9.17) is 16.3 Å². The van der Waals surface area contributed by atoms with Gasteiger partial charge in [0.1, 0.15) is 5.75 Å². The number of fused-ring (bicyclic) bond motifs is 1. The van der Waals surface area contributed by atoms with Gasteiger partial charge in [0.2, 0.25) is 0 Å². The summed E-state index contributed by atoms with van der Waals surface area (Å²) in [6, 6.07) is 3.85. The Morgan fingerprint density at radius 3 is 2.82 bits per heavy atom. The second-order valence-corrected chi connectivity index (χ2v) is 5.08. The molecule has 90 valence electrons. The zero-order chi connectivity index (χ0) is 12.4. The lowest BCUT2D eigenvalue weighted by Crippen LogP contribution is -1.91. The molecule has 0 aliphatic carbocycles. The first-order chi connectivity index (χ1) is 8.17. The zero-order valence-corrected chi connectivity index (χ0v) is 12.1. The van der Waals surface area contributed by atoms with E-state index in [9.17, 15) is 0 Å². The lowest BCUT2D eigenvalue weighted by molar-refractivity contribution is 0.412. The minimum atomic E-state index is 0.768. The van der Waals surface area contributed by atoms with E-state index in [1.54, 1.807) is 7.11 Å². The van der Waals surface area contributed by atoms with Crippen molar-refractivity contribution in [1.82, 2.24) is 4.98 Å². The molecule has 17 heavy (non-hydrogen) atoms. The fraction of sp³-hybridized carbons (Fsp3) is 0.308. The summed E-state index contributed by atoms with van der Waals surface area (Å²) < 4.78 is 6.13. The summed E-state index contributed by atoms with van der Waals surface area (Å²) in [4.78, 5) is 4.43. The normalized spacial score (nSPS) is 10.8. The quantitative estimate of drug-likeness (QED) is 0.825. The number of nitrogens with zero attached hydrogens (tertiary/aromatic N) is 1. The lowest BCUT2D eigenvalue weighted by atomic mass is 10.1. The number of rotatable bonds is 3. The van der Waals surface area contributed by atoms with Crippen molar-refractivity contribution in [3.05, 3.63) is 33.4 Å². The molecule has 4 heteroatoms. The third-order valence-electron chi connectivity index (χ3n) is 2.67. The van der Waals surface area contributed by atoms with Crippen LogP contribution in [0.3, 0.4) is 0 Å². The van der Waals surface area contributed by atoms with Crippen molar-refractivity contribution in [2.45, 2.75) is 19.8 Å². The van der Waals surface area contributed by atoms with Crippen molar-refractivity contribution in [3.63, 3.8) is 0 Å². The van der Waals surface area contributed by atoms with E-state index in [0.717, 1.165) is 44.6 Å². The van der Waals surface area contributed by atoms with Gasteiger partial charge in [0.05, 0.1) is 22.1 Å². The van der Waals surface area contributed by atoms with Crippen molar-refractivity contribution in [3.8, 4) is 5.75 Å². The van der Waals surface area contributed by atoms with Crippen LogP contribution < -0.4 is 4.74 Å². The Morgan fingerprint density at radius 1 is 1.41 bits per heavy atom. The topological polar surface area (TPSA) is 22.1 Å². The summed E-state index contributed by atoms with van der Waals surface area (Å²) in [6.07, 6.45) is 3.86. The van der Waals surface area contributed by atoms with Crippen LogP contribution in [0.15, 0.2) is 22.8 Å². The van der Waals surface area contributed by atoms with Gasteiger partial charge in [-0.3, -0.25) is 4.98 Å². The van der Waals surface area contributed by atoms with Crippen LogP contribution in [0.5, 0.6) is 5.75 Å². The summed E-state index contributed by atoms with van der Waals surface area (Å²) in [6.45, 7) is 2.13. The highest BCUT2D eigenvalue weighted by molar-refractivity contribution is 9.10. The van der Waals surface area contributed by atoms with Crippen LogP contribution in [0.25, 0.3) is 10.9 Å². The molecule has 0 aliphatic rings. The molecular weight excluding hydrogens is 302 g/mol. The Kier molecular flexibility index (Phi) is 3.89. The maximum Gasteiger partial charge on any atom is 0.135 e. The highest BCUT2D eigenvalue weighted by Gasteiger charge is 2.10. The Hall–Kier alpha value is -0.800. The number of halogens is 2. The molecule has 0 aliphatic heterocycles. The molecule has 0 saturated heterocycles. The van der Waals surface area contributed by atoms with Crippen LogP contribution in [0.2, 0.25) is 5.02 Å². The average Bonchev–Trinajstić information content (AvgIpc) is 2.33. The number of hydrogen-bond acceptors (Lipinski definition) is 2. The molecule has 0 saturated carbocycles. The van der Waals surface area contributed by atoms with Crippen LogP contribution in [-0.2, 0) is 6.42 Å². The average molecular weight is 315 g/mol. The first-order valence-electron chi connectivity index (χ1n) is 5.48. The minimum Gasteiger partial charge on any atom is -0.495 e. The molecule has 0 spiro atoms. The SMILES string of the molecule is CCCc1cnc2cc(OC)c(Br)cc2c1Cl. The number of aromatic nitrogens is 1. The van der Waals surface area contributed by atoms with Gasteiger partial charge in [-0.2, -0.15) is 0 Å². The van der Waals surface area contributed by atoms with Crippen molar-refractivity contribution in [2.75, 3.05) is 7.11 Å². The molecule has 0 atom stereocenters. The van der Waals surface area contributed by atoms with Crippen molar-refractivity contribution >= 4 is 38.4 Å². The predicted molar refractivity (Wildman–Crippen MR) is 75.0 cm³/mol. The van der Waals surface area contributed by atoms with E-state index in [-0.39, 0.29) is 0 Å². The van der Waals surface area contributed by atoms with E-state index in [1.165, 1.54) is 0 Å². The van der Waals surface area contributed by atoms with Crippen LogP contribution >= 0.6 is 27.5 Å². The molecule has 0 unspecified atom stereocenters.